The fraction of sp³-hybridized carbons (Fsp3) is 0.200. The first-order valence-corrected chi connectivity index (χ1v) is 5.67. The van der Waals surface area contributed by atoms with Gasteiger partial charge in [-0.05, 0) is 24.1 Å². The minimum Gasteiger partial charge on any atom is -0.364 e. The van der Waals surface area contributed by atoms with Gasteiger partial charge in [-0.2, -0.15) is 0 Å². The molecule has 3 rings (SSSR count). The summed E-state index contributed by atoms with van der Waals surface area (Å²) in [5, 5.41) is 0. The van der Waals surface area contributed by atoms with E-state index in [0.717, 1.165) is 0 Å². The van der Waals surface area contributed by atoms with E-state index in [9.17, 15) is 0 Å². The molecule has 1 aromatic carbocycles. The fourth-order valence-electron chi connectivity index (χ4n) is 2.62. The molecule has 0 spiro atoms. The summed E-state index contributed by atoms with van der Waals surface area (Å²) in [5.41, 5.74) is 5.51. The number of rotatable bonds is 0. The SMILES string of the molecule is CC1=C2C=CC=CC2N(C)c2ccccc21. The van der Waals surface area contributed by atoms with Crippen LogP contribution in [0.1, 0.15) is 12.5 Å². The van der Waals surface area contributed by atoms with E-state index in [1.54, 1.807) is 0 Å². The van der Waals surface area contributed by atoms with Crippen molar-refractivity contribution in [3.8, 4) is 0 Å². The van der Waals surface area contributed by atoms with Gasteiger partial charge in [0.25, 0.3) is 0 Å². The summed E-state index contributed by atoms with van der Waals surface area (Å²) >= 11 is 0. The predicted molar refractivity (Wildman–Crippen MR) is 69.5 cm³/mol. The van der Waals surface area contributed by atoms with Crippen LogP contribution in [0.25, 0.3) is 5.57 Å². The largest absolute Gasteiger partial charge is 0.364 e. The molecule has 1 unspecified atom stereocenters. The van der Waals surface area contributed by atoms with E-state index in [0.29, 0.717) is 6.04 Å². The lowest BCUT2D eigenvalue weighted by atomic mass is 9.87. The van der Waals surface area contributed by atoms with E-state index in [-0.39, 0.29) is 0 Å². The molecule has 1 aliphatic carbocycles. The molecule has 1 heteroatoms. The van der Waals surface area contributed by atoms with Crippen LogP contribution in [0.4, 0.5) is 5.69 Å². The maximum Gasteiger partial charge on any atom is 0.0729 e. The lowest BCUT2D eigenvalue weighted by Gasteiger charge is -2.37. The number of para-hydroxylation sites is 1. The van der Waals surface area contributed by atoms with Crippen LogP contribution in [0.2, 0.25) is 0 Å². The van der Waals surface area contributed by atoms with Crippen molar-refractivity contribution >= 4 is 11.3 Å². The quantitative estimate of drug-likeness (QED) is 0.633. The summed E-state index contributed by atoms with van der Waals surface area (Å²) in [6, 6.07) is 9.02. The molecule has 0 amide bonds. The Balaban J connectivity index is 2.26. The van der Waals surface area contributed by atoms with Gasteiger partial charge < -0.3 is 4.90 Å². The number of anilines is 1. The van der Waals surface area contributed by atoms with Crippen molar-refractivity contribution < 1.29 is 0 Å². The van der Waals surface area contributed by atoms with E-state index in [1.165, 1.54) is 22.4 Å². The van der Waals surface area contributed by atoms with Gasteiger partial charge in [-0.15, -0.1) is 0 Å². The van der Waals surface area contributed by atoms with E-state index >= 15 is 0 Å². The van der Waals surface area contributed by atoms with Gasteiger partial charge >= 0.3 is 0 Å². The topological polar surface area (TPSA) is 3.24 Å². The van der Waals surface area contributed by atoms with Crippen LogP contribution in [0.3, 0.4) is 0 Å². The van der Waals surface area contributed by atoms with Gasteiger partial charge in [0, 0.05) is 18.3 Å². The number of hydrogen-bond donors (Lipinski definition) is 0. The first-order chi connectivity index (χ1) is 7.79. The Bertz CT molecular complexity index is 520. The zero-order valence-electron chi connectivity index (χ0n) is 9.64. The van der Waals surface area contributed by atoms with Crippen molar-refractivity contribution in [2.75, 3.05) is 11.9 Å². The summed E-state index contributed by atoms with van der Waals surface area (Å²) < 4.78 is 0. The Kier molecular flexibility index (Phi) is 2.00. The number of hydrogen-bond acceptors (Lipinski definition) is 1. The third-order valence-electron chi connectivity index (χ3n) is 3.54. The lowest BCUT2D eigenvalue weighted by molar-refractivity contribution is 0.845. The van der Waals surface area contributed by atoms with E-state index in [4.69, 9.17) is 0 Å². The highest BCUT2D eigenvalue weighted by atomic mass is 15.1. The maximum atomic E-state index is 2.34. The normalized spacial score (nSPS) is 22.1. The van der Waals surface area contributed by atoms with Crippen molar-refractivity contribution in [3.05, 3.63) is 59.7 Å². The van der Waals surface area contributed by atoms with Gasteiger partial charge in [0.05, 0.1) is 6.04 Å². The maximum absolute atomic E-state index is 2.34. The van der Waals surface area contributed by atoms with Crippen molar-refractivity contribution in [1.29, 1.82) is 0 Å². The second kappa shape index (κ2) is 3.38. The second-order valence-corrected chi connectivity index (χ2v) is 4.40. The highest BCUT2D eigenvalue weighted by Crippen LogP contribution is 2.38. The number of nitrogens with zero attached hydrogens (tertiary/aromatic N) is 1. The Labute approximate surface area is 96.4 Å². The molecule has 1 nitrogen and oxygen atoms in total. The summed E-state index contributed by atoms with van der Waals surface area (Å²) in [5.74, 6) is 0. The summed E-state index contributed by atoms with van der Waals surface area (Å²) in [6.07, 6.45) is 8.74. The number of allylic oxidation sites excluding steroid dienone is 3. The molecule has 0 aromatic heterocycles. The number of fused-ring (bicyclic) bond motifs is 2. The monoisotopic (exact) mass is 209 g/mol. The zero-order chi connectivity index (χ0) is 11.1. The zero-order valence-corrected chi connectivity index (χ0v) is 9.64. The van der Waals surface area contributed by atoms with Gasteiger partial charge in [0.15, 0.2) is 0 Å². The van der Waals surface area contributed by atoms with Crippen LogP contribution < -0.4 is 4.90 Å². The lowest BCUT2D eigenvalue weighted by Crippen LogP contribution is -2.35. The smallest absolute Gasteiger partial charge is 0.0729 e. The van der Waals surface area contributed by atoms with Gasteiger partial charge in [-0.25, -0.2) is 0 Å². The molecule has 0 radical (unpaired) electrons. The Hall–Kier alpha value is -1.76. The summed E-state index contributed by atoms with van der Waals surface area (Å²) in [4.78, 5) is 2.34. The van der Waals surface area contributed by atoms with Crippen molar-refractivity contribution in [3.63, 3.8) is 0 Å². The van der Waals surface area contributed by atoms with Crippen LogP contribution in [-0.4, -0.2) is 13.1 Å². The Morgan fingerprint density at radius 2 is 1.94 bits per heavy atom. The summed E-state index contributed by atoms with van der Waals surface area (Å²) in [7, 11) is 2.17. The first kappa shape index (κ1) is 9.46. The van der Waals surface area contributed by atoms with E-state index in [2.05, 4.69) is 67.4 Å². The number of benzene rings is 1. The Morgan fingerprint density at radius 3 is 2.81 bits per heavy atom. The van der Waals surface area contributed by atoms with E-state index < -0.39 is 0 Å². The van der Waals surface area contributed by atoms with Crippen molar-refractivity contribution in [2.45, 2.75) is 13.0 Å². The average molecular weight is 209 g/mol. The van der Waals surface area contributed by atoms with Crippen molar-refractivity contribution in [1.82, 2.24) is 0 Å². The van der Waals surface area contributed by atoms with Gasteiger partial charge in [0.2, 0.25) is 0 Å². The molecule has 0 saturated carbocycles. The molecule has 80 valence electrons. The molecule has 0 fully saturated rings. The molecular weight excluding hydrogens is 194 g/mol. The first-order valence-electron chi connectivity index (χ1n) is 5.67. The van der Waals surface area contributed by atoms with Crippen molar-refractivity contribution in [2.24, 2.45) is 0 Å². The third-order valence-corrected chi connectivity index (χ3v) is 3.54. The third kappa shape index (κ3) is 1.18. The molecule has 0 saturated heterocycles. The van der Waals surface area contributed by atoms with Crippen LogP contribution in [0, 0.1) is 0 Å². The molecule has 1 aliphatic heterocycles. The van der Waals surface area contributed by atoms with Gasteiger partial charge in [-0.1, -0.05) is 42.5 Å². The van der Waals surface area contributed by atoms with Crippen LogP contribution in [0.5, 0.6) is 0 Å². The Morgan fingerprint density at radius 1 is 1.12 bits per heavy atom. The minimum absolute atomic E-state index is 0.403. The standard InChI is InChI=1S/C15H15N/c1-11-12-7-3-5-9-14(12)16(2)15-10-6-4-8-13(11)15/h3-10,14H,1-2H3. The molecule has 1 atom stereocenters. The molecule has 0 N–H and O–H groups in total. The molecule has 1 heterocycles. The van der Waals surface area contributed by atoms with E-state index in [1.807, 2.05) is 0 Å². The molecular formula is C15H15N. The fourth-order valence-corrected chi connectivity index (χ4v) is 2.62. The number of likely N-dealkylation sites (N-methyl/N-ethyl adjacent to an activating group) is 1. The van der Waals surface area contributed by atoms with Gasteiger partial charge in [-0.3, -0.25) is 0 Å². The average Bonchev–Trinajstić information content (AvgIpc) is 2.36. The molecule has 2 aliphatic rings. The highest BCUT2D eigenvalue weighted by Gasteiger charge is 2.26. The molecule has 16 heavy (non-hydrogen) atoms. The highest BCUT2D eigenvalue weighted by molar-refractivity contribution is 5.84. The van der Waals surface area contributed by atoms with Crippen LogP contribution >= 0.6 is 0 Å². The van der Waals surface area contributed by atoms with Crippen LogP contribution in [0.15, 0.2) is 54.1 Å². The predicted octanol–water partition coefficient (Wildman–Crippen LogP) is 3.40. The molecule has 1 aromatic rings. The van der Waals surface area contributed by atoms with Crippen LogP contribution in [-0.2, 0) is 0 Å². The summed E-state index contributed by atoms with van der Waals surface area (Å²) in [6.45, 7) is 2.22. The van der Waals surface area contributed by atoms with Gasteiger partial charge in [0.1, 0.15) is 0 Å². The molecule has 0 bridgehead atoms. The minimum atomic E-state index is 0.403. The second-order valence-electron chi connectivity index (χ2n) is 4.40.